The molecule has 1 rings (SSSR count). The van der Waals surface area contributed by atoms with Crippen LogP contribution in [0.5, 0.6) is 5.75 Å². The Bertz CT molecular complexity index is 681. The first-order chi connectivity index (χ1) is 11.2. The summed E-state index contributed by atoms with van der Waals surface area (Å²) >= 11 is 0. The van der Waals surface area contributed by atoms with E-state index in [-0.39, 0.29) is 35.5 Å². The van der Waals surface area contributed by atoms with Crippen LogP contribution in [-0.2, 0) is 14.6 Å². The summed E-state index contributed by atoms with van der Waals surface area (Å²) in [4.78, 5) is 12.0. The maximum atomic E-state index is 12.4. The quantitative estimate of drug-likeness (QED) is 0.734. The van der Waals surface area contributed by atoms with E-state index >= 15 is 0 Å². The summed E-state index contributed by atoms with van der Waals surface area (Å²) in [5.41, 5.74) is 5.62. The van der Waals surface area contributed by atoms with Crippen molar-refractivity contribution in [3.63, 3.8) is 0 Å². The lowest BCUT2D eigenvalue weighted by atomic mass is 9.99. The molecule has 0 aliphatic heterocycles. The van der Waals surface area contributed by atoms with Gasteiger partial charge in [-0.3, -0.25) is 4.79 Å². The number of hydrogen-bond acceptors (Lipinski definition) is 5. The Balaban J connectivity index is 2.78. The smallest absolute Gasteiger partial charge is 0.179 e. The summed E-state index contributed by atoms with van der Waals surface area (Å²) in [6.45, 7) is 5.16. The van der Waals surface area contributed by atoms with Gasteiger partial charge in [-0.15, -0.1) is 0 Å². The highest BCUT2D eigenvalue weighted by Gasteiger charge is 2.24. The third-order valence-electron chi connectivity index (χ3n) is 3.55. The van der Waals surface area contributed by atoms with E-state index in [0.717, 1.165) is 0 Å². The molecule has 0 saturated heterocycles. The standard InChI is InChI=1S/C17H24FNO4S/c1-12(2)17(20)13(3)11-24(21,22)16-6-4-15(5-7-16)23-10-14(8-18)9-19/h4-8,12-13H,9-11,19H2,1-3H3/b14-8+. The topological polar surface area (TPSA) is 86.5 Å². The molecule has 0 aliphatic carbocycles. The maximum absolute atomic E-state index is 12.4. The van der Waals surface area contributed by atoms with E-state index < -0.39 is 15.8 Å². The number of Topliss-reactive ketones (excluding diaryl/α,β-unsaturated/α-hetero) is 1. The minimum absolute atomic E-state index is 0.000971. The molecule has 1 aromatic carbocycles. The van der Waals surface area contributed by atoms with Gasteiger partial charge in [-0.1, -0.05) is 20.8 Å². The van der Waals surface area contributed by atoms with Crippen LogP contribution in [-0.4, -0.2) is 33.1 Å². The van der Waals surface area contributed by atoms with E-state index in [1.807, 2.05) is 0 Å². The number of ether oxygens (including phenoxy) is 1. The van der Waals surface area contributed by atoms with Gasteiger partial charge in [-0.25, -0.2) is 12.8 Å². The van der Waals surface area contributed by atoms with Crippen LogP contribution in [0.15, 0.2) is 41.1 Å². The summed E-state index contributed by atoms with van der Waals surface area (Å²) in [5.74, 6) is -0.663. The summed E-state index contributed by atoms with van der Waals surface area (Å²) in [6, 6.07) is 5.82. The van der Waals surface area contributed by atoms with Gasteiger partial charge < -0.3 is 10.5 Å². The molecule has 0 saturated carbocycles. The van der Waals surface area contributed by atoms with Gasteiger partial charge in [0, 0.05) is 24.0 Å². The lowest BCUT2D eigenvalue weighted by Gasteiger charge is -2.14. The van der Waals surface area contributed by atoms with Crippen LogP contribution >= 0.6 is 0 Å². The van der Waals surface area contributed by atoms with E-state index in [1.54, 1.807) is 20.8 Å². The molecular weight excluding hydrogens is 333 g/mol. The number of hydrogen-bond donors (Lipinski definition) is 1. The van der Waals surface area contributed by atoms with Crippen molar-refractivity contribution in [2.75, 3.05) is 18.9 Å². The molecule has 0 fully saturated rings. The molecule has 2 N–H and O–H groups in total. The average molecular weight is 357 g/mol. The predicted octanol–water partition coefficient (Wildman–Crippen LogP) is 2.51. The zero-order valence-corrected chi connectivity index (χ0v) is 15.0. The highest BCUT2D eigenvalue weighted by molar-refractivity contribution is 7.91. The van der Waals surface area contributed by atoms with Crippen LogP contribution in [0.25, 0.3) is 0 Å². The lowest BCUT2D eigenvalue weighted by molar-refractivity contribution is -0.124. The fraction of sp³-hybridized carbons (Fsp3) is 0.471. The number of carbonyl (C=O) groups is 1. The number of benzene rings is 1. The van der Waals surface area contributed by atoms with Crippen molar-refractivity contribution in [1.29, 1.82) is 0 Å². The third-order valence-corrected chi connectivity index (χ3v) is 5.48. The first-order valence-electron chi connectivity index (χ1n) is 7.68. The fourth-order valence-electron chi connectivity index (χ4n) is 2.13. The highest BCUT2D eigenvalue weighted by atomic mass is 32.2. The van der Waals surface area contributed by atoms with Gasteiger partial charge in [0.25, 0.3) is 0 Å². The number of carbonyl (C=O) groups excluding carboxylic acids is 1. The van der Waals surface area contributed by atoms with Gasteiger partial charge in [-0.05, 0) is 24.3 Å². The summed E-state index contributed by atoms with van der Waals surface area (Å²) in [6.07, 6.45) is 0.395. The van der Waals surface area contributed by atoms with Gasteiger partial charge in [0.2, 0.25) is 0 Å². The van der Waals surface area contributed by atoms with Crippen molar-refractivity contribution < 1.29 is 22.3 Å². The second-order valence-corrected chi connectivity index (χ2v) is 8.01. The Labute approximate surface area is 142 Å². The predicted molar refractivity (Wildman–Crippen MR) is 91.2 cm³/mol. The van der Waals surface area contributed by atoms with Crippen molar-refractivity contribution in [1.82, 2.24) is 0 Å². The third kappa shape index (κ3) is 5.72. The Kier molecular flexibility index (Phi) is 7.57. The molecule has 1 atom stereocenters. The van der Waals surface area contributed by atoms with Crippen LogP contribution in [0.3, 0.4) is 0 Å². The molecule has 5 nitrogen and oxygen atoms in total. The monoisotopic (exact) mass is 357 g/mol. The van der Waals surface area contributed by atoms with Crippen molar-refractivity contribution in [3.8, 4) is 5.75 Å². The van der Waals surface area contributed by atoms with E-state index in [2.05, 4.69) is 0 Å². The second kappa shape index (κ2) is 8.94. The molecule has 0 aliphatic rings. The van der Waals surface area contributed by atoms with E-state index in [0.29, 0.717) is 17.7 Å². The maximum Gasteiger partial charge on any atom is 0.179 e. The zero-order valence-electron chi connectivity index (χ0n) is 14.2. The van der Waals surface area contributed by atoms with Crippen LogP contribution < -0.4 is 10.5 Å². The molecule has 0 heterocycles. The summed E-state index contributed by atoms with van der Waals surface area (Å²) < 4.78 is 42.5. The van der Waals surface area contributed by atoms with E-state index in [9.17, 15) is 17.6 Å². The van der Waals surface area contributed by atoms with Gasteiger partial charge in [-0.2, -0.15) is 0 Å². The highest BCUT2D eigenvalue weighted by Crippen LogP contribution is 2.20. The Morgan fingerprint density at radius 1 is 1.25 bits per heavy atom. The van der Waals surface area contributed by atoms with Gasteiger partial charge in [0.1, 0.15) is 18.1 Å². The molecular formula is C17H24FNO4S. The zero-order chi connectivity index (χ0) is 18.3. The number of halogens is 1. The SMILES string of the molecule is CC(C)C(=O)C(C)CS(=O)(=O)c1ccc(OC/C(=C/F)CN)cc1. The minimum Gasteiger partial charge on any atom is -0.489 e. The van der Waals surface area contributed by atoms with Gasteiger partial charge in [0.15, 0.2) is 9.84 Å². The molecule has 0 bridgehead atoms. The fourth-order valence-corrected chi connectivity index (χ4v) is 3.70. The molecule has 1 unspecified atom stereocenters. The van der Waals surface area contributed by atoms with Crippen LogP contribution in [0.4, 0.5) is 4.39 Å². The van der Waals surface area contributed by atoms with Crippen molar-refractivity contribution in [2.24, 2.45) is 17.6 Å². The average Bonchev–Trinajstić information content (AvgIpc) is 2.55. The van der Waals surface area contributed by atoms with Crippen molar-refractivity contribution in [2.45, 2.75) is 25.7 Å². The molecule has 1 aromatic rings. The Hall–Kier alpha value is -1.73. The van der Waals surface area contributed by atoms with Crippen molar-refractivity contribution >= 4 is 15.6 Å². The van der Waals surface area contributed by atoms with Gasteiger partial charge >= 0.3 is 0 Å². The van der Waals surface area contributed by atoms with Crippen LogP contribution in [0.1, 0.15) is 20.8 Å². The number of sulfone groups is 1. The summed E-state index contributed by atoms with van der Waals surface area (Å²) in [5, 5.41) is 0. The van der Waals surface area contributed by atoms with E-state index in [1.165, 1.54) is 24.3 Å². The van der Waals surface area contributed by atoms with Crippen LogP contribution in [0, 0.1) is 11.8 Å². The lowest BCUT2D eigenvalue weighted by Crippen LogP contribution is -2.25. The number of nitrogens with two attached hydrogens (primary N) is 1. The molecule has 7 heteroatoms. The molecule has 0 amide bonds. The first kappa shape index (κ1) is 20.3. The molecule has 24 heavy (non-hydrogen) atoms. The van der Waals surface area contributed by atoms with Crippen molar-refractivity contribution in [3.05, 3.63) is 36.2 Å². The molecule has 0 radical (unpaired) electrons. The largest absolute Gasteiger partial charge is 0.489 e. The Morgan fingerprint density at radius 3 is 2.29 bits per heavy atom. The Morgan fingerprint density at radius 2 is 1.83 bits per heavy atom. The summed E-state index contributed by atoms with van der Waals surface area (Å²) in [7, 11) is -3.56. The number of ketones is 1. The van der Waals surface area contributed by atoms with Gasteiger partial charge in [0.05, 0.1) is 17.0 Å². The minimum atomic E-state index is -3.56. The second-order valence-electron chi connectivity index (χ2n) is 5.97. The first-order valence-corrected chi connectivity index (χ1v) is 9.34. The molecule has 0 spiro atoms. The van der Waals surface area contributed by atoms with Crippen LogP contribution in [0.2, 0.25) is 0 Å². The normalized spacial score (nSPS) is 13.8. The molecule has 134 valence electrons. The molecule has 0 aromatic heterocycles. The number of rotatable bonds is 9. The van der Waals surface area contributed by atoms with E-state index in [4.69, 9.17) is 10.5 Å².